The molecule has 3 nitrogen and oxygen atoms in total. The highest BCUT2D eigenvalue weighted by Crippen LogP contribution is 2.30. The standard InChI is InChI=1S/C19H29ClN2O.ClH/c1-19(2,3)16-9-8-15(14-17(16)20)6-5-7-18(23)22-12-10-21(4)11-13-22;/h8-9,14H,5-7,10-13H2,1-4H3;1H. The van der Waals surface area contributed by atoms with Crippen LogP contribution < -0.4 is 0 Å². The van der Waals surface area contributed by atoms with E-state index in [2.05, 4.69) is 50.9 Å². The molecule has 0 bridgehead atoms. The summed E-state index contributed by atoms with van der Waals surface area (Å²) in [6.07, 6.45) is 2.42. The van der Waals surface area contributed by atoms with Gasteiger partial charge in [-0.25, -0.2) is 0 Å². The van der Waals surface area contributed by atoms with Crippen molar-refractivity contribution in [2.24, 2.45) is 0 Å². The van der Waals surface area contributed by atoms with Gasteiger partial charge in [0.2, 0.25) is 5.91 Å². The van der Waals surface area contributed by atoms with E-state index in [4.69, 9.17) is 11.6 Å². The Morgan fingerprint density at radius 1 is 1.17 bits per heavy atom. The van der Waals surface area contributed by atoms with E-state index in [1.807, 2.05) is 4.90 Å². The summed E-state index contributed by atoms with van der Waals surface area (Å²) >= 11 is 6.41. The van der Waals surface area contributed by atoms with Crippen LogP contribution in [0.5, 0.6) is 0 Å². The third kappa shape index (κ3) is 5.94. The minimum atomic E-state index is 0. The number of amides is 1. The first-order valence-electron chi connectivity index (χ1n) is 8.52. The normalized spacial score (nSPS) is 16.0. The molecule has 24 heavy (non-hydrogen) atoms. The van der Waals surface area contributed by atoms with Crippen LogP contribution in [0.15, 0.2) is 18.2 Å². The van der Waals surface area contributed by atoms with Crippen LogP contribution in [-0.2, 0) is 16.6 Å². The Hall–Kier alpha value is -0.770. The number of benzene rings is 1. The summed E-state index contributed by atoms with van der Waals surface area (Å²) in [4.78, 5) is 16.5. The van der Waals surface area contributed by atoms with Gasteiger partial charge >= 0.3 is 0 Å². The van der Waals surface area contributed by atoms with Gasteiger partial charge < -0.3 is 9.80 Å². The molecule has 136 valence electrons. The third-order valence-corrected chi connectivity index (χ3v) is 4.87. The van der Waals surface area contributed by atoms with Crippen molar-refractivity contribution in [1.29, 1.82) is 0 Å². The molecule has 0 aliphatic carbocycles. The molecule has 2 rings (SSSR count). The summed E-state index contributed by atoms with van der Waals surface area (Å²) in [6.45, 7) is 10.2. The van der Waals surface area contributed by atoms with E-state index < -0.39 is 0 Å². The van der Waals surface area contributed by atoms with Crippen molar-refractivity contribution in [3.63, 3.8) is 0 Å². The Labute approximate surface area is 157 Å². The molecule has 1 aliphatic heterocycles. The molecular formula is C19H30Cl2N2O. The molecule has 0 aromatic heterocycles. The molecule has 1 aliphatic rings. The molecule has 1 fully saturated rings. The van der Waals surface area contributed by atoms with Crippen LogP contribution in [0.4, 0.5) is 0 Å². The highest BCUT2D eigenvalue weighted by Gasteiger charge is 2.19. The van der Waals surface area contributed by atoms with Crippen LogP contribution in [0, 0.1) is 0 Å². The fourth-order valence-corrected chi connectivity index (χ4v) is 3.47. The van der Waals surface area contributed by atoms with Crippen molar-refractivity contribution in [1.82, 2.24) is 9.80 Å². The molecule has 1 saturated heterocycles. The molecule has 1 amide bonds. The number of nitrogens with zero attached hydrogens (tertiary/aromatic N) is 2. The van der Waals surface area contributed by atoms with Gasteiger partial charge in [-0.1, -0.05) is 44.5 Å². The summed E-state index contributed by atoms with van der Waals surface area (Å²) in [5.41, 5.74) is 2.46. The topological polar surface area (TPSA) is 23.6 Å². The number of rotatable bonds is 4. The number of piperazine rings is 1. The van der Waals surface area contributed by atoms with Gasteiger partial charge in [0.05, 0.1) is 0 Å². The summed E-state index contributed by atoms with van der Waals surface area (Å²) in [5.74, 6) is 0.288. The lowest BCUT2D eigenvalue weighted by Crippen LogP contribution is -2.47. The van der Waals surface area contributed by atoms with Gasteiger partial charge in [0.1, 0.15) is 0 Å². The minimum absolute atomic E-state index is 0. The van der Waals surface area contributed by atoms with Gasteiger partial charge in [0, 0.05) is 37.6 Å². The second kappa shape index (κ2) is 9.07. The van der Waals surface area contributed by atoms with Crippen LogP contribution in [-0.4, -0.2) is 48.9 Å². The maximum Gasteiger partial charge on any atom is 0.222 e. The summed E-state index contributed by atoms with van der Waals surface area (Å²) in [6, 6.07) is 6.33. The number of likely N-dealkylation sites (N-methyl/N-ethyl adjacent to an activating group) is 1. The number of carbonyl (C=O) groups is 1. The molecule has 0 radical (unpaired) electrons. The van der Waals surface area contributed by atoms with Gasteiger partial charge in [-0.2, -0.15) is 0 Å². The number of aryl methyl sites for hydroxylation is 1. The van der Waals surface area contributed by atoms with Crippen LogP contribution in [0.3, 0.4) is 0 Å². The number of carbonyl (C=O) groups excluding carboxylic acids is 1. The first kappa shape index (κ1) is 21.3. The number of halogens is 2. The molecule has 1 heterocycles. The molecular weight excluding hydrogens is 343 g/mol. The van der Waals surface area contributed by atoms with Gasteiger partial charge in [0.15, 0.2) is 0 Å². The summed E-state index contributed by atoms with van der Waals surface area (Å²) < 4.78 is 0. The van der Waals surface area contributed by atoms with Crippen LogP contribution in [0.1, 0.15) is 44.7 Å². The predicted molar refractivity (Wildman–Crippen MR) is 104 cm³/mol. The van der Waals surface area contributed by atoms with Crippen LogP contribution >= 0.6 is 24.0 Å². The Balaban J connectivity index is 0.00000288. The van der Waals surface area contributed by atoms with Gasteiger partial charge in [-0.3, -0.25) is 4.79 Å². The summed E-state index contributed by atoms with van der Waals surface area (Å²) in [5, 5.41) is 0.834. The van der Waals surface area contributed by atoms with Crippen molar-refractivity contribution < 1.29 is 4.79 Å². The van der Waals surface area contributed by atoms with E-state index in [-0.39, 0.29) is 23.7 Å². The van der Waals surface area contributed by atoms with Gasteiger partial charge in [0.25, 0.3) is 0 Å². The zero-order chi connectivity index (χ0) is 17.0. The predicted octanol–water partition coefficient (Wildman–Crippen LogP) is 4.16. The van der Waals surface area contributed by atoms with E-state index in [0.717, 1.165) is 44.0 Å². The first-order valence-corrected chi connectivity index (χ1v) is 8.90. The SMILES string of the molecule is CN1CCN(C(=O)CCCc2ccc(C(C)(C)C)c(Cl)c2)CC1.Cl. The molecule has 5 heteroatoms. The molecule has 0 saturated carbocycles. The van der Waals surface area contributed by atoms with E-state index >= 15 is 0 Å². The van der Waals surface area contributed by atoms with Gasteiger partial charge in [-0.05, 0) is 42.5 Å². The molecule has 0 N–H and O–H groups in total. The fourth-order valence-electron chi connectivity index (χ4n) is 2.98. The zero-order valence-corrected chi connectivity index (χ0v) is 16.8. The minimum Gasteiger partial charge on any atom is -0.340 e. The number of hydrogen-bond acceptors (Lipinski definition) is 2. The van der Waals surface area contributed by atoms with E-state index in [1.165, 1.54) is 11.1 Å². The van der Waals surface area contributed by atoms with Gasteiger partial charge in [-0.15, -0.1) is 12.4 Å². The second-order valence-electron chi connectivity index (χ2n) is 7.60. The monoisotopic (exact) mass is 372 g/mol. The Kier molecular flexibility index (Phi) is 8.04. The third-order valence-electron chi connectivity index (χ3n) is 4.55. The molecule has 1 aromatic rings. The molecule has 0 unspecified atom stereocenters. The van der Waals surface area contributed by atoms with Crippen molar-refractivity contribution in [2.75, 3.05) is 33.2 Å². The van der Waals surface area contributed by atoms with Crippen molar-refractivity contribution in [2.45, 2.75) is 45.4 Å². The lowest BCUT2D eigenvalue weighted by molar-refractivity contribution is -0.132. The second-order valence-corrected chi connectivity index (χ2v) is 8.01. The molecule has 1 aromatic carbocycles. The lowest BCUT2D eigenvalue weighted by atomic mass is 9.86. The zero-order valence-electron chi connectivity index (χ0n) is 15.3. The van der Waals surface area contributed by atoms with Crippen LogP contribution in [0.25, 0.3) is 0 Å². The summed E-state index contributed by atoms with van der Waals surface area (Å²) in [7, 11) is 2.10. The Morgan fingerprint density at radius 2 is 1.79 bits per heavy atom. The quantitative estimate of drug-likeness (QED) is 0.791. The molecule has 0 atom stereocenters. The van der Waals surface area contributed by atoms with Crippen molar-refractivity contribution >= 4 is 29.9 Å². The van der Waals surface area contributed by atoms with E-state index in [9.17, 15) is 4.79 Å². The fraction of sp³-hybridized carbons (Fsp3) is 0.632. The Bertz CT molecular complexity index is 547. The van der Waals surface area contributed by atoms with Crippen LogP contribution in [0.2, 0.25) is 5.02 Å². The Morgan fingerprint density at radius 3 is 2.33 bits per heavy atom. The van der Waals surface area contributed by atoms with Crippen molar-refractivity contribution in [3.05, 3.63) is 34.3 Å². The maximum atomic E-state index is 12.2. The highest BCUT2D eigenvalue weighted by atomic mass is 35.5. The average Bonchev–Trinajstić information content (AvgIpc) is 2.46. The number of hydrogen-bond donors (Lipinski definition) is 0. The molecule has 0 spiro atoms. The smallest absolute Gasteiger partial charge is 0.222 e. The first-order chi connectivity index (χ1) is 10.8. The van der Waals surface area contributed by atoms with E-state index in [0.29, 0.717) is 6.42 Å². The largest absolute Gasteiger partial charge is 0.340 e. The maximum absolute atomic E-state index is 12.2. The van der Waals surface area contributed by atoms with E-state index in [1.54, 1.807) is 0 Å². The average molecular weight is 373 g/mol. The van der Waals surface area contributed by atoms with Crippen molar-refractivity contribution in [3.8, 4) is 0 Å². The highest BCUT2D eigenvalue weighted by molar-refractivity contribution is 6.31. The lowest BCUT2D eigenvalue weighted by Gasteiger charge is -2.32.